The van der Waals surface area contributed by atoms with E-state index in [2.05, 4.69) is 0 Å². The first-order chi connectivity index (χ1) is 11.7. The fraction of sp³-hybridized carbons (Fsp3) is 0.421. The molecule has 1 atom stereocenters. The van der Waals surface area contributed by atoms with Crippen LogP contribution >= 0.6 is 0 Å². The lowest BCUT2D eigenvalue weighted by atomic mass is 9.92. The number of amides is 2. The van der Waals surface area contributed by atoms with E-state index < -0.39 is 5.92 Å². The van der Waals surface area contributed by atoms with Crippen LogP contribution in [0.1, 0.15) is 50.0 Å². The quantitative estimate of drug-likeness (QED) is 0.796. The third-order valence-corrected chi connectivity index (χ3v) is 5.22. The number of hydrogen-bond donors (Lipinski definition) is 0. The summed E-state index contributed by atoms with van der Waals surface area (Å²) in [6.45, 7) is 0. The lowest BCUT2D eigenvalue weighted by molar-refractivity contribution is -0.142. The molecule has 1 aromatic carbocycles. The summed E-state index contributed by atoms with van der Waals surface area (Å²) in [5.74, 6) is -0.856. The lowest BCUT2D eigenvalue weighted by Gasteiger charge is -2.29. The van der Waals surface area contributed by atoms with E-state index in [0.717, 1.165) is 25.7 Å². The van der Waals surface area contributed by atoms with Crippen molar-refractivity contribution in [2.75, 3.05) is 0 Å². The molecule has 5 heteroatoms. The predicted octanol–water partition coefficient (Wildman–Crippen LogP) is 2.97. The first-order valence-corrected chi connectivity index (χ1v) is 8.53. The summed E-state index contributed by atoms with van der Waals surface area (Å²) in [4.78, 5) is 39.2. The summed E-state index contributed by atoms with van der Waals surface area (Å²) in [5.41, 5.74) is 0.887. The Morgan fingerprint density at radius 3 is 2.58 bits per heavy atom. The molecule has 1 aliphatic carbocycles. The molecule has 1 saturated heterocycles. The Labute approximate surface area is 139 Å². The second-order valence-electron chi connectivity index (χ2n) is 6.66. The van der Waals surface area contributed by atoms with E-state index in [9.17, 15) is 14.4 Å². The molecule has 0 N–H and O–H groups in total. The summed E-state index contributed by atoms with van der Waals surface area (Å²) in [5, 5.41) is 0.414. The zero-order valence-corrected chi connectivity index (χ0v) is 13.4. The molecular weight excluding hydrogens is 306 g/mol. The second kappa shape index (κ2) is 5.89. The van der Waals surface area contributed by atoms with Crippen molar-refractivity contribution in [1.82, 2.24) is 4.90 Å². The summed E-state index contributed by atoms with van der Waals surface area (Å²) in [7, 11) is 0. The highest BCUT2D eigenvalue weighted by Gasteiger charge is 2.43. The maximum atomic E-state index is 12.9. The van der Waals surface area contributed by atoms with Gasteiger partial charge in [-0.25, -0.2) is 0 Å². The minimum absolute atomic E-state index is 0.0233. The van der Waals surface area contributed by atoms with E-state index in [1.54, 1.807) is 18.2 Å². The number of rotatable bonds is 2. The highest BCUT2D eigenvalue weighted by molar-refractivity contribution is 6.08. The van der Waals surface area contributed by atoms with Gasteiger partial charge in [0.05, 0.1) is 17.6 Å². The molecule has 2 amide bonds. The van der Waals surface area contributed by atoms with Gasteiger partial charge in [0.25, 0.3) is 0 Å². The molecular formula is C19H19NO4. The topological polar surface area (TPSA) is 67.6 Å². The van der Waals surface area contributed by atoms with Crippen molar-refractivity contribution in [3.8, 4) is 0 Å². The molecule has 2 aromatic rings. The molecule has 1 unspecified atom stereocenters. The van der Waals surface area contributed by atoms with Gasteiger partial charge in [-0.1, -0.05) is 31.4 Å². The summed E-state index contributed by atoms with van der Waals surface area (Å²) >= 11 is 0. The van der Waals surface area contributed by atoms with Crippen LogP contribution in [0.3, 0.4) is 0 Å². The Hall–Kier alpha value is -2.43. The highest BCUT2D eigenvalue weighted by Crippen LogP contribution is 2.36. The van der Waals surface area contributed by atoms with Gasteiger partial charge in [0.2, 0.25) is 11.8 Å². The number of likely N-dealkylation sites (tertiary alicyclic amines) is 1. The van der Waals surface area contributed by atoms with Gasteiger partial charge in [-0.05, 0) is 24.5 Å². The number of nitrogens with zero attached hydrogens (tertiary/aromatic N) is 1. The Morgan fingerprint density at radius 1 is 1.00 bits per heavy atom. The van der Waals surface area contributed by atoms with E-state index in [4.69, 9.17) is 4.42 Å². The summed E-state index contributed by atoms with van der Waals surface area (Å²) in [6, 6.07) is 6.61. The Morgan fingerprint density at radius 2 is 1.79 bits per heavy atom. The zero-order chi connectivity index (χ0) is 16.7. The maximum Gasteiger partial charge on any atom is 0.237 e. The smallest absolute Gasteiger partial charge is 0.237 e. The molecule has 2 heterocycles. The predicted molar refractivity (Wildman–Crippen MR) is 88.6 cm³/mol. The molecule has 1 aromatic heterocycles. The molecule has 1 aliphatic heterocycles. The molecule has 2 aliphatic rings. The van der Waals surface area contributed by atoms with Crippen LogP contribution in [0.5, 0.6) is 0 Å². The first kappa shape index (κ1) is 15.1. The van der Waals surface area contributed by atoms with Crippen molar-refractivity contribution in [3.63, 3.8) is 0 Å². The number of benzene rings is 1. The van der Waals surface area contributed by atoms with Crippen molar-refractivity contribution in [1.29, 1.82) is 0 Å². The molecule has 124 valence electrons. The van der Waals surface area contributed by atoms with Crippen LogP contribution in [0.4, 0.5) is 0 Å². The molecule has 4 rings (SSSR count). The van der Waals surface area contributed by atoms with Crippen LogP contribution < -0.4 is 5.43 Å². The van der Waals surface area contributed by atoms with Crippen molar-refractivity contribution in [2.24, 2.45) is 0 Å². The molecule has 0 bridgehead atoms. The minimum Gasteiger partial charge on any atom is -0.464 e. The minimum atomic E-state index is -0.576. The van der Waals surface area contributed by atoms with Crippen LogP contribution in [-0.2, 0) is 9.59 Å². The molecule has 24 heavy (non-hydrogen) atoms. The van der Waals surface area contributed by atoms with Crippen LogP contribution in [-0.4, -0.2) is 22.8 Å². The monoisotopic (exact) mass is 325 g/mol. The van der Waals surface area contributed by atoms with Crippen LogP contribution in [0.25, 0.3) is 11.0 Å². The van der Waals surface area contributed by atoms with Gasteiger partial charge in [-0.2, -0.15) is 0 Å². The van der Waals surface area contributed by atoms with Gasteiger partial charge in [0.15, 0.2) is 5.43 Å². The maximum absolute atomic E-state index is 12.9. The molecule has 5 nitrogen and oxygen atoms in total. The van der Waals surface area contributed by atoms with Gasteiger partial charge in [-0.15, -0.1) is 0 Å². The fourth-order valence-electron chi connectivity index (χ4n) is 4.07. The fourth-order valence-corrected chi connectivity index (χ4v) is 4.07. The lowest BCUT2D eigenvalue weighted by Crippen LogP contribution is -2.41. The summed E-state index contributed by atoms with van der Waals surface area (Å²) in [6.07, 6.45) is 6.56. The van der Waals surface area contributed by atoms with E-state index in [1.165, 1.54) is 23.7 Å². The van der Waals surface area contributed by atoms with E-state index >= 15 is 0 Å². The van der Waals surface area contributed by atoms with Crippen molar-refractivity contribution in [2.45, 2.75) is 50.5 Å². The van der Waals surface area contributed by atoms with Gasteiger partial charge < -0.3 is 4.42 Å². The molecule has 1 saturated carbocycles. The van der Waals surface area contributed by atoms with Crippen LogP contribution in [0, 0.1) is 0 Å². The number of fused-ring (bicyclic) bond motifs is 1. The zero-order valence-electron chi connectivity index (χ0n) is 13.4. The van der Waals surface area contributed by atoms with Crippen molar-refractivity contribution in [3.05, 3.63) is 46.3 Å². The third-order valence-electron chi connectivity index (χ3n) is 5.22. The molecule has 2 fully saturated rings. The van der Waals surface area contributed by atoms with E-state index in [-0.39, 0.29) is 29.7 Å². The van der Waals surface area contributed by atoms with Gasteiger partial charge in [-0.3, -0.25) is 19.3 Å². The number of carbonyl (C=O) groups is 2. The highest BCUT2D eigenvalue weighted by atomic mass is 16.3. The number of imide groups is 1. The molecule has 0 radical (unpaired) electrons. The number of hydrogen-bond acceptors (Lipinski definition) is 4. The van der Waals surface area contributed by atoms with Crippen LogP contribution in [0.15, 0.2) is 39.7 Å². The van der Waals surface area contributed by atoms with Gasteiger partial charge in [0, 0.05) is 18.5 Å². The van der Waals surface area contributed by atoms with E-state index in [0.29, 0.717) is 16.5 Å². The SMILES string of the molecule is O=C1CC(c2cccc3occc(=O)c23)C(=O)N1C1CCCCC1. The third kappa shape index (κ3) is 2.35. The largest absolute Gasteiger partial charge is 0.464 e. The first-order valence-electron chi connectivity index (χ1n) is 8.53. The van der Waals surface area contributed by atoms with E-state index in [1.807, 2.05) is 0 Å². The molecule has 0 spiro atoms. The average Bonchev–Trinajstić information content (AvgIpc) is 2.90. The second-order valence-corrected chi connectivity index (χ2v) is 6.66. The van der Waals surface area contributed by atoms with Gasteiger partial charge >= 0.3 is 0 Å². The van der Waals surface area contributed by atoms with Gasteiger partial charge in [0.1, 0.15) is 5.58 Å². The van der Waals surface area contributed by atoms with Crippen molar-refractivity contribution < 1.29 is 14.0 Å². The Bertz CT molecular complexity index is 858. The summed E-state index contributed by atoms with van der Waals surface area (Å²) < 4.78 is 5.39. The average molecular weight is 325 g/mol. The Balaban J connectivity index is 1.75. The number of carbonyl (C=O) groups excluding carboxylic acids is 2. The van der Waals surface area contributed by atoms with Crippen molar-refractivity contribution >= 4 is 22.8 Å². The Kier molecular flexibility index (Phi) is 3.71. The standard InChI is InChI=1S/C19H19NO4/c21-15-9-10-24-16-8-4-7-13(18(15)16)14-11-17(22)20(19(14)23)12-5-2-1-3-6-12/h4,7-10,12,14H,1-3,5-6,11H2. The van der Waals surface area contributed by atoms with Crippen LogP contribution in [0.2, 0.25) is 0 Å². The normalized spacial score (nSPS) is 22.5.